The minimum absolute atomic E-state index is 0.146. The van der Waals surface area contributed by atoms with Gasteiger partial charge in [-0.05, 0) is 29.4 Å². The van der Waals surface area contributed by atoms with Gasteiger partial charge in [-0.3, -0.25) is 14.4 Å². The first kappa shape index (κ1) is 15.5. The van der Waals surface area contributed by atoms with Crippen LogP contribution in [-0.2, 0) is 20.1 Å². The van der Waals surface area contributed by atoms with Gasteiger partial charge in [-0.1, -0.05) is 36.4 Å². The van der Waals surface area contributed by atoms with Crippen molar-refractivity contribution >= 4 is 21.8 Å². The van der Waals surface area contributed by atoms with Gasteiger partial charge in [0.1, 0.15) is 11.2 Å². The summed E-state index contributed by atoms with van der Waals surface area (Å²) in [7, 11) is 3.81. The molecule has 0 aliphatic carbocycles. The summed E-state index contributed by atoms with van der Waals surface area (Å²) < 4.78 is 1.62. The molecule has 0 radical (unpaired) electrons. The van der Waals surface area contributed by atoms with Gasteiger partial charge in [0.15, 0.2) is 5.65 Å². The highest BCUT2D eigenvalue weighted by Crippen LogP contribution is 2.17. The molecule has 6 heteroatoms. The van der Waals surface area contributed by atoms with E-state index in [0.717, 1.165) is 6.54 Å². The molecule has 0 fully saturated rings. The van der Waals surface area contributed by atoms with E-state index in [1.165, 1.54) is 16.3 Å². The fraction of sp³-hybridized carbons (Fsp3) is 0.211. The molecule has 126 valence electrons. The zero-order valence-electron chi connectivity index (χ0n) is 14.2. The van der Waals surface area contributed by atoms with E-state index in [2.05, 4.69) is 50.3 Å². The molecular formula is C19H19N5O. The van der Waals surface area contributed by atoms with E-state index >= 15 is 0 Å². The molecule has 2 aromatic carbocycles. The third-order valence-electron chi connectivity index (χ3n) is 4.34. The average Bonchev–Trinajstić information content (AvgIpc) is 2.96. The largest absolute Gasteiger partial charge is 0.309 e. The number of benzene rings is 2. The van der Waals surface area contributed by atoms with Gasteiger partial charge in [0, 0.05) is 13.6 Å². The summed E-state index contributed by atoms with van der Waals surface area (Å²) in [4.78, 5) is 21.6. The molecule has 0 unspecified atom stereocenters. The van der Waals surface area contributed by atoms with Crippen molar-refractivity contribution in [1.82, 2.24) is 24.6 Å². The molecule has 4 rings (SSSR count). The molecule has 4 aromatic rings. The first-order valence-corrected chi connectivity index (χ1v) is 8.17. The van der Waals surface area contributed by atoms with E-state index in [9.17, 15) is 4.79 Å². The number of aromatic nitrogens is 4. The van der Waals surface area contributed by atoms with Crippen molar-refractivity contribution in [2.24, 2.45) is 7.05 Å². The van der Waals surface area contributed by atoms with E-state index < -0.39 is 0 Å². The lowest BCUT2D eigenvalue weighted by molar-refractivity contribution is 0.310. The fourth-order valence-electron chi connectivity index (χ4n) is 3.11. The summed E-state index contributed by atoms with van der Waals surface area (Å²) >= 11 is 0. The summed E-state index contributed by atoms with van der Waals surface area (Å²) in [5, 5.41) is 7.08. The molecule has 0 amide bonds. The van der Waals surface area contributed by atoms with Crippen molar-refractivity contribution in [3.8, 4) is 0 Å². The minimum Gasteiger partial charge on any atom is -0.309 e. The number of H-pyrrole nitrogens is 1. The first-order chi connectivity index (χ1) is 12.1. The van der Waals surface area contributed by atoms with Crippen LogP contribution in [0.1, 0.15) is 11.4 Å². The number of rotatable bonds is 4. The normalized spacial score (nSPS) is 11.6. The number of aryl methyl sites for hydroxylation is 1. The van der Waals surface area contributed by atoms with Gasteiger partial charge < -0.3 is 4.98 Å². The third kappa shape index (κ3) is 3.04. The van der Waals surface area contributed by atoms with E-state index in [1.807, 2.05) is 19.2 Å². The maximum atomic E-state index is 12.1. The Bertz CT molecular complexity index is 1110. The Morgan fingerprint density at radius 1 is 1.12 bits per heavy atom. The van der Waals surface area contributed by atoms with Gasteiger partial charge in [0.2, 0.25) is 0 Å². The Labute approximate surface area is 144 Å². The number of nitrogens with one attached hydrogen (secondary N) is 1. The molecule has 0 spiro atoms. The quantitative estimate of drug-likeness (QED) is 0.623. The monoisotopic (exact) mass is 333 g/mol. The summed E-state index contributed by atoms with van der Waals surface area (Å²) in [5.41, 5.74) is 1.69. The Hall–Kier alpha value is -2.99. The summed E-state index contributed by atoms with van der Waals surface area (Å²) in [6.45, 7) is 1.33. The van der Waals surface area contributed by atoms with Crippen molar-refractivity contribution in [2.45, 2.75) is 13.1 Å². The fourth-order valence-corrected chi connectivity index (χ4v) is 3.11. The average molecular weight is 333 g/mol. The molecule has 0 aliphatic heterocycles. The summed E-state index contributed by atoms with van der Waals surface area (Å²) in [5.74, 6) is 0.643. The molecule has 0 aliphatic rings. The lowest BCUT2D eigenvalue weighted by atomic mass is 10.1. The van der Waals surface area contributed by atoms with Crippen LogP contribution in [-0.4, -0.2) is 31.7 Å². The molecule has 0 atom stereocenters. The Kier molecular flexibility index (Phi) is 3.82. The van der Waals surface area contributed by atoms with Crippen molar-refractivity contribution in [1.29, 1.82) is 0 Å². The summed E-state index contributed by atoms with van der Waals surface area (Å²) in [6, 6.07) is 14.8. The standard InChI is InChI=1S/C19H19N5O/c1-23(11-13-7-8-14-5-3-4-6-15(14)9-13)12-17-21-18-16(19(25)22-17)10-20-24(18)2/h3-10H,11-12H2,1-2H3,(H,21,22,25). The predicted molar refractivity (Wildman–Crippen MR) is 98.2 cm³/mol. The van der Waals surface area contributed by atoms with Crippen molar-refractivity contribution < 1.29 is 0 Å². The number of aromatic amines is 1. The Balaban J connectivity index is 1.56. The number of nitrogens with zero attached hydrogens (tertiary/aromatic N) is 4. The van der Waals surface area contributed by atoms with E-state index in [1.54, 1.807) is 17.9 Å². The molecule has 0 bridgehead atoms. The van der Waals surface area contributed by atoms with Gasteiger partial charge in [-0.15, -0.1) is 0 Å². The van der Waals surface area contributed by atoms with Crippen LogP contribution in [0.4, 0.5) is 0 Å². The minimum atomic E-state index is -0.146. The van der Waals surface area contributed by atoms with Crippen LogP contribution in [0.5, 0.6) is 0 Å². The molecular weight excluding hydrogens is 314 g/mol. The van der Waals surface area contributed by atoms with Gasteiger partial charge in [-0.2, -0.15) is 5.10 Å². The highest BCUT2D eigenvalue weighted by Gasteiger charge is 2.10. The molecule has 25 heavy (non-hydrogen) atoms. The zero-order chi connectivity index (χ0) is 17.4. The molecule has 0 saturated heterocycles. The van der Waals surface area contributed by atoms with Crippen LogP contribution < -0.4 is 5.56 Å². The highest BCUT2D eigenvalue weighted by molar-refractivity contribution is 5.83. The number of hydrogen-bond acceptors (Lipinski definition) is 4. The summed E-state index contributed by atoms with van der Waals surface area (Å²) in [6.07, 6.45) is 1.55. The SMILES string of the molecule is CN(Cc1ccc2ccccc2c1)Cc1nc2c(cnn2C)c(=O)[nH]1. The first-order valence-electron chi connectivity index (χ1n) is 8.17. The highest BCUT2D eigenvalue weighted by atomic mass is 16.1. The van der Waals surface area contributed by atoms with Crippen LogP contribution in [0.25, 0.3) is 21.8 Å². The van der Waals surface area contributed by atoms with Crippen LogP contribution in [0.2, 0.25) is 0 Å². The molecule has 2 heterocycles. The Morgan fingerprint density at radius 3 is 2.76 bits per heavy atom. The van der Waals surface area contributed by atoms with Crippen LogP contribution in [0, 0.1) is 0 Å². The predicted octanol–water partition coefficient (Wildman–Crippen LogP) is 2.44. The maximum Gasteiger partial charge on any atom is 0.262 e. The number of fused-ring (bicyclic) bond motifs is 2. The van der Waals surface area contributed by atoms with Gasteiger partial charge >= 0.3 is 0 Å². The van der Waals surface area contributed by atoms with Gasteiger partial charge in [0.05, 0.1) is 12.7 Å². The second-order valence-electron chi connectivity index (χ2n) is 6.37. The van der Waals surface area contributed by atoms with Crippen LogP contribution in [0.3, 0.4) is 0 Å². The molecule has 1 N–H and O–H groups in total. The van der Waals surface area contributed by atoms with Crippen molar-refractivity contribution in [2.75, 3.05) is 7.05 Å². The van der Waals surface area contributed by atoms with E-state index in [0.29, 0.717) is 23.4 Å². The Morgan fingerprint density at radius 2 is 1.92 bits per heavy atom. The second kappa shape index (κ2) is 6.14. The molecule has 0 saturated carbocycles. The van der Waals surface area contributed by atoms with Gasteiger partial charge in [0.25, 0.3) is 5.56 Å². The van der Waals surface area contributed by atoms with Crippen molar-refractivity contribution in [3.63, 3.8) is 0 Å². The zero-order valence-corrected chi connectivity index (χ0v) is 14.2. The van der Waals surface area contributed by atoms with Crippen LogP contribution in [0.15, 0.2) is 53.5 Å². The lowest BCUT2D eigenvalue weighted by Gasteiger charge is -2.16. The topological polar surface area (TPSA) is 66.8 Å². The van der Waals surface area contributed by atoms with Gasteiger partial charge in [-0.25, -0.2) is 4.98 Å². The maximum absolute atomic E-state index is 12.1. The van der Waals surface area contributed by atoms with Crippen molar-refractivity contribution in [3.05, 3.63) is 70.4 Å². The second-order valence-corrected chi connectivity index (χ2v) is 6.37. The smallest absolute Gasteiger partial charge is 0.262 e. The van der Waals surface area contributed by atoms with E-state index in [-0.39, 0.29) is 5.56 Å². The molecule has 6 nitrogen and oxygen atoms in total. The molecule has 2 aromatic heterocycles. The van der Waals surface area contributed by atoms with E-state index in [4.69, 9.17) is 0 Å². The third-order valence-corrected chi connectivity index (χ3v) is 4.34. The lowest BCUT2D eigenvalue weighted by Crippen LogP contribution is -2.22. The van der Waals surface area contributed by atoms with Crippen LogP contribution >= 0.6 is 0 Å². The number of hydrogen-bond donors (Lipinski definition) is 1.